The Morgan fingerprint density at radius 3 is 2.33 bits per heavy atom. The van der Waals surface area contributed by atoms with Gasteiger partial charge in [0.05, 0.1) is 6.10 Å². The highest BCUT2D eigenvalue weighted by molar-refractivity contribution is 4.99. The normalized spacial score (nSPS) is 56.7. The highest BCUT2D eigenvalue weighted by atomic mass is 16.3. The highest BCUT2D eigenvalue weighted by Gasteiger charge is 2.45. The summed E-state index contributed by atoms with van der Waals surface area (Å²) < 4.78 is 0. The molecular weight excluding hydrogens is 114 g/mol. The Morgan fingerprint density at radius 1 is 1.33 bits per heavy atom. The fraction of sp³-hybridized carbons (Fsp3) is 1.00. The summed E-state index contributed by atoms with van der Waals surface area (Å²) in [6.07, 6.45) is 3.31. The minimum atomic E-state index is -0.0706. The molecule has 0 heterocycles. The van der Waals surface area contributed by atoms with E-state index in [1.54, 1.807) is 0 Å². The second-order valence-corrected chi connectivity index (χ2v) is 3.38. The quantitative estimate of drug-likeness (QED) is 0.485. The zero-order valence-corrected chi connectivity index (χ0v) is 5.46. The van der Waals surface area contributed by atoms with Crippen LogP contribution in [-0.2, 0) is 0 Å². The van der Waals surface area contributed by atoms with Gasteiger partial charge in [0.2, 0.25) is 0 Å². The Bertz CT molecular complexity index is 126. The molecule has 2 bridgehead atoms. The molecule has 2 heteroatoms. The average molecular weight is 127 g/mol. The molecule has 3 N–H and O–H groups in total. The standard InChI is InChI=1S/C7H13NO/c8-7-4-1-2-5(7)6(9)3-4/h4-7,9H,1-3,8H2/t4-,5+,6-,7?/m1/s1. The van der Waals surface area contributed by atoms with Crippen LogP contribution in [0.2, 0.25) is 0 Å². The van der Waals surface area contributed by atoms with Crippen molar-refractivity contribution in [2.75, 3.05) is 0 Å². The van der Waals surface area contributed by atoms with Gasteiger partial charge >= 0.3 is 0 Å². The molecule has 2 fully saturated rings. The molecule has 2 rings (SSSR count). The number of hydrogen-bond donors (Lipinski definition) is 2. The second kappa shape index (κ2) is 1.70. The molecule has 0 aliphatic heterocycles. The average Bonchev–Trinajstić information content (AvgIpc) is 2.25. The molecule has 9 heavy (non-hydrogen) atoms. The van der Waals surface area contributed by atoms with Crippen molar-refractivity contribution < 1.29 is 5.11 Å². The Morgan fingerprint density at radius 2 is 2.11 bits per heavy atom. The molecule has 52 valence electrons. The number of fused-ring (bicyclic) bond motifs is 2. The van der Waals surface area contributed by atoms with Gasteiger partial charge in [0.25, 0.3) is 0 Å². The van der Waals surface area contributed by atoms with Crippen LogP contribution in [-0.4, -0.2) is 17.3 Å². The number of aliphatic hydroxyl groups is 1. The third-order valence-corrected chi connectivity index (χ3v) is 2.95. The smallest absolute Gasteiger partial charge is 0.0586 e. The molecule has 0 spiro atoms. The topological polar surface area (TPSA) is 46.2 Å². The van der Waals surface area contributed by atoms with E-state index in [4.69, 9.17) is 5.73 Å². The number of rotatable bonds is 0. The Labute approximate surface area is 55.1 Å². The maximum absolute atomic E-state index is 9.31. The van der Waals surface area contributed by atoms with Gasteiger partial charge in [0.15, 0.2) is 0 Å². The zero-order chi connectivity index (χ0) is 6.43. The van der Waals surface area contributed by atoms with Crippen molar-refractivity contribution in [3.05, 3.63) is 0 Å². The summed E-state index contributed by atoms with van der Waals surface area (Å²) in [6, 6.07) is 0.319. The van der Waals surface area contributed by atoms with Gasteiger partial charge < -0.3 is 10.8 Å². The predicted molar refractivity (Wildman–Crippen MR) is 34.8 cm³/mol. The lowest BCUT2D eigenvalue weighted by Gasteiger charge is -2.14. The third kappa shape index (κ3) is 0.634. The molecule has 0 amide bonds. The van der Waals surface area contributed by atoms with Gasteiger partial charge in [-0.1, -0.05) is 0 Å². The van der Waals surface area contributed by atoms with Crippen molar-refractivity contribution in [3.63, 3.8) is 0 Å². The van der Waals surface area contributed by atoms with E-state index in [9.17, 15) is 5.11 Å². The monoisotopic (exact) mass is 127 g/mol. The fourth-order valence-electron chi connectivity index (χ4n) is 2.35. The van der Waals surface area contributed by atoms with E-state index < -0.39 is 0 Å². The molecule has 0 aromatic heterocycles. The van der Waals surface area contributed by atoms with Crippen LogP contribution in [0.5, 0.6) is 0 Å². The van der Waals surface area contributed by atoms with Crippen molar-refractivity contribution >= 4 is 0 Å². The van der Waals surface area contributed by atoms with Crippen LogP contribution in [0.3, 0.4) is 0 Å². The maximum atomic E-state index is 9.31. The number of hydrogen-bond acceptors (Lipinski definition) is 2. The van der Waals surface area contributed by atoms with E-state index >= 15 is 0 Å². The van der Waals surface area contributed by atoms with Crippen LogP contribution < -0.4 is 5.73 Å². The summed E-state index contributed by atoms with van der Waals surface area (Å²) in [5, 5.41) is 9.31. The molecule has 0 radical (unpaired) electrons. The van der Waals surface area contributed by atoms with Crippen LogP contribution in [0.4, 0.5) is 0 Å². The number of nitrogens with two attached hydrogens (primary N) is 1. The predicted octanol–water partition coefficient (Wildman–Crippen LogP) is 0.104. The Hall–Kier alpha value is -0.0800. The summed E-state index contributed by atoms with van der Waals surface area (Å²) in [7, 11) is 0. The van der Waals surface area contributed by atoms with Crippen LogP contribution in [0, 0.1) is 11.8 Å². The molecule has 0 saturated heterocycles. The first kappa shape index (κ1) is 5.69. The lowest BCUT2D eigenvalue weighted by Crippen LogP contribution is -2.27. The lowest BCUT2D eigenvalue weighted by atomic mass is 9.98. The van der Waals surface area contributed by atoms with Crippen LogP contribution >= 0.6 is 0 Å². The van der Waals surface area contributed by atoms with Crippen molar-refractivity contribution in [1.82, 2.24) is 0 Å². The Balaban J connectivity index is 2.16. The molecule has 2 aliphatic rings. The Kier molecular flexibility index (Phi) is 1.08. The van der Waals surface area contributed by atoms with E-state index in [-0.39, 0.29) is 6.10 Å². The number of aliphatic hydroxyl groups excluding tert-OH is 1. The van der Waals surface area contributed by atoms with E-state index in [0.717, 1.165) is 12.8 Å². The third-order valence-electron chi connectivity index (χ3n) is 2.95. The minimum absolute atomic E-state index is 0.0706. The highest BCUT2D eigenvalue weighted by Crippen LogP contribution is 2.43. The fourth-order valence-corrected chi connectivity index (χ4v) is 2.35. The SMILES string of the molecule is NC1[C@@H]2CC[C@H]1[C@H](O)C2. The first-order valence-corrected chi connectivity index (χ1v) is 3.72. The molecular formula is C7H13NO. The van der Waals surface area contributed by atoms with Gasteiger partial charge in [-0.15, -0.1) is 0 Å². The second-order valence-electron chi connectivity index (χ2n) is 3.38. The van der Waals surface area contributed by atoms with E-state index in [0.29, 0.717) is 17.9 Å². The maximum Gasteiger partial charge on any atom is 0.0586 e. The van der Waals surface area contributed by atoms with Crippen molar-refractivity contribution in [2.24, 2.45) is 17.6 Å². The summed E-state index contributed by atoms with van der Waals surface area (Å²) in [6.45, 7) is 0. The van der Waals surface area contributed by atoms with Crippen molar-refractivity contribution in [3.8, 4) is 0 Å². The van der Waals surface area contributed by atoms with E-state index in [1.165, 1.54) is 6.42 Å². The van der Waals surface area contributed by atoms with E-state index in [1.807, 2.05) is 0 Å². The summed E-state index contributed by atoms with van der Waals surface area (Å²) >= 11 is 0. The summed E-state index contributed by atoms with van der Waals surface area (Å²) in [5.41, 5.74) is 5.81. The van der Waals surface area contributed by atoms with Crippen LogP contribution in [0.15, 0.2) is 0 Å². The minimum Gasteiger partial charge on any atom is -0.393 e. The van der Waals surface area contributed by atoms with Gasteiger partial charge in [-0.2, -0.15) is 0 Å². The van der Waals surface area contributed by atoms with Crippen LogP contribution in [0.25, 0.3) is 0 Å². The summed E-state index contributed by atoms with van der Waals surface area (Å²) in [5.74, 6) is 1.08. The molecule has 0 aromatic rings. The molecule has 2 aliphatic carbocycles. The van der Waals surface area contributed by atoms with Gasteiger partial charge in [-0.3, -0.25) is 0 Å². The van der Waals surface area contributed by atoms with Crippen molar-refractivity contribution in [2.45, 2.75) is 31.4 Å². The molecule has 4 atom stereocenters. The first-order chi connectivity index (χ1) is 4.29. The van der Waals surface area contributed by atoms with Crippen molar-refractivity contribution in [1.29, 1.82) is 0 Å². The zero-order valence-electron chi connectivity index (χ0n) is 5.46. The lowest BCUT2D eigenvalue weighted by molar-refractivity contribution is 0.112. The molecule has 2 nitrogen and oxygen atoms in total. The largest absolute Gasteiger partial charge is 0.393 e. The summed E-state index contributed by atoms with van der Waals surface area (Å²) in [4.78, 5) is 0. The van der Waals surface area contributed by atoms with Crippen LogP contribution in [0.1, 0.15) is 19.3 Å². The van der Waals surface area contributed by atoms with Gasteiger partial charge in [0.1, 0.15) is 0 Å². The molecule has 0 aromatic carbocycles. The van der Waals surface area contributed by atoms with E-state index in [2.05, 4.69) is 0 Å². The molecule has 2 saturated carbocycles. The van der Waals surface area contributed by atoms with Gasteiger partial charge in [-0.25, -0.2) is 0 Å². The molecule has 1 unspecified atom stereocenters. The van der Waals surface area contributed by atoms with Gasteiger partial charge in [0, 0.05) is 12.0 Å². The first-order valence-electron chi connectivity index (χ1n) is 3.72. The van der Waals surface area contributed by atoms with Gasteiger partial charge in [-0.05, 0) is 25.2 Å².